The lowest BCUT2D eigenvalue weighted by Crippen LogP contribution is -2.70. The van der Waals surface area contributed by atoms with Gasteiger partial charge in [0.1, 0.15) is 0 Å². The van der Waals surface area contributed by atoms with Crippen molar-refractivity contribution in [3.63, 3.8) is 0 Å². The summed E-state index contributed by atoms with van der Waals surface area (Å²) in [5.41, 5.74) is 1.08. The number of carbonyl (C=O) groups is 2. The molecule has 12 nitrogen and oxygen atoms in total. The van der Waals surface area contributed by atoms with Gasteiger partial charge >= 0.3 is 11.9 Å². The molecule has 0 N–H and O–H groups in total. The van der Waals surface area contributed by atoms with E-state index < -0.39 is 47.3 Å². The van der Waals surface area contributed by atoms with Gasteiger partial charge in [0.2, 0.25) is 11.6 Å². The largest absolute Gasteiger partial charge is 0.465 e. The Kier molecular flexibility index (Phi) is 10.00. The van der Waals surface area contributed by atoms with Gasteiger partial charge in [0, 0.05) is 24.7 Å². The molecule has 10 fully saturated rings. The number of aryl methyl sites for hydroxylation is 2. The fourth-order valence-electron chi connectivity index (χ4n) is 12.9. The molecule has 16 atom stereocenters. The molecular formula is C44H62O12. The number of ether oxygens (including phenoxy) is 6. The number of hydrogen-bond acceptors (Lipinski definition) is 12. The SMILES string of the molecule is COC(=O)c1cc(CC[C@H]2O[C@@H]3O[C@]4(C)CC[C@H]5[C@H](C)CC[C@@H]([C@H]2C)[C@@]35OO4)c(CC[C@H]2O[C@@H]3O[C@]4(C)CC[C@H]5[C@H](C)CC[C@@H]([C@H]2C)[C@@]35OO4)cc1C(=O)OC. The van der Waals surface area contributed by atoms with Crippen molar-refractivity contribution in [2.75, 3.05) is 14.2 Å². The zero-order valence-corrected chi connectivity index (χ0v) is 34.5. The van der Waals surface area contributed by atoms with Crippen molar-refractivity contribution in [2.24, 2.45) is 47.3 Å². The summed E-state index contributed by atoms with van der Waals surface area (Å²) in [6.07, 6.45) is 9.16. The van der Waals surface area contributed by atoms with Crippen LogP contribution in [0.25, 0.3) is 0 Å². The minimum absolute atomic E-state index is 0.114. The van der Waals surface area contributed by atoms with Crippen LogP contribution >= 0.6 is 0 Å². The third-order valence-electron chi connectivity index (χ3n) is 16.1. The molecule has 10 aliphatic rings. The first-order chi connectivity index (χ1) is 26.8. The number of rotatable bonds is 8. The molecule has 0 unspecified atom stereocenters. The van der Waals surface area contributed by atoms with Crippen LogP contribution in [0.3, 0.4) is 0 Å². The summed E-state index contributed by atoms with van der Waals surface area (Å²) in [4.78, 5) is 51.3. The summed E-state index contributed by atoms with van der Waals surface area (Å²) in [6, 6.07) is 3.66. The van der Waals surface area contributed by atoms with Gasteiger partial charge in [-0.05, 0) is 137 Å². The van der Waals surface area contributed by atoms with Gasteiger partial charge in [-0.2, -0.15) is 0 Å². The number of hydrogen-bond donors (Lipinski definition) is 0. The first kappa shape index (κ1) is 39.3. The Balaban J connectivity index is 0.995. The van der Waals surface area contributed by atoms with Crippen LogP contribution in [0.2, 0.25) is 0 Å². The topological polar surface area (TPSA) is 126 Å². The maximum absolute atomic E-state index is 13.2. The number of methoxy groups -OCH3 is 2. The highest BCUT2D eigenvalue weighted by Gasteiger charge is 2.70. The van der Waals surface area contributed by atoms with Gasteiger partial charge in [-0.3, -0.25) is 0 Å². The van der Waals surface area contributed by atoms with Gasteiger partial charge in [-0.1, -0.05) is 27.7 Å². The van der Waals surface area contributed by atoms with E-state index in [1.807, 2.05) is 26.0 Å². The number of carbonyl (C=O) groups excluding carboxylic acids is 2. The molecule has 11 rings (SSSR count). The second-order valence-corrected chi connectivity index (χ2v) is 19.1. The highest BCUT2D eigenvalue weighted by atomic mass is 17.3. The minimum Gasteiger partial charge on any atom is -0.465 e. The third-order valence-corrected chi connectivity index (χ3v) is 16.1. The van der Waals surface area contributed by atoms with E-state index in [0.29, 0.717) is 49.4 Å². The smallest absolute Gasteiger partial charge is 0.338 e. The standard InChI is InChI=1S/C44H62O12/c1-23-9-13-33-25(3)35(49-39-43(33)31(23)17-19-41(5,51-39)53-55-43)15-11-27-21-29(37(45)47-7)30(38(46)48-8)22-28(27)12-16-36-26(4)34-14-10-24(2)32-18-20-42(6)52-40(50-36)44(32,34)56-54-42/h21-26,31-36,39-40H,9-20H2,1-8H3/t23-,24-,25-,26-,31+,32+,33+,34+,35-,36-,39-,40-,41+,42+,43-,44-/m1/s1. The predicted molar refractivity (Wildman–Crippen MR) is 199 cm³/mol. The molecule has 12 heteroatoms. The van der Waals surface area contributed by atoms with Crippen molar-refractivity contribution < 1.29 is 57.6 Å². The van der Waals surface area contributed by atoms with Crippen molar-refractivity contribution >= 4 is 11.9 Å². The van der Waals surface area contributed by atoms with E-state index >= 15 is 0 Å². The van der Waals surface area contributed by atoms with Gasteiger partial charge in [0.25, 0.3) is 0 Å². The molecule has 8 saturated heterocycles. The van der Waals surface area contributed by atoms with Crippen LogP contribution in [-0.2, 0) is 60.8 Å². The second kappa shape index (κ2) is 14.2. The van der Waals surface area contributed by atoms with E-state index in [2.05, 4.69) is 27.7 Å². The number of fused-ring (bicyclic) bond motifs is 4. The van der Waals surface area contributed by atoms with Crippen LogP contribution in [0.1, 0.15) is 138 Å². The lowest BCUT2D eigenvalue weighted by atomic mass is 9.57. The molecule has 1 aromatic carbocycles. The Morgan fingerprint density at radius 1 is 0.607 bits per heavy atom. The summed E-state index contributed by atoms with van der Waals surface area (Å²) in [7, 11) is 2.66. The molecule has 0 radical (unpaired) electrons. The molecular weight excluding hydrogens is 720 g/mol. The number of benzene rings is 1. The van der Waals surface area contributed by atoms with Gasteiger partial charge in [0.05, 0.1) is 37.6 Å². The van der Waals surface area contributed by atoms with Crippen LogP contribution in [0.4, 0.5) is 0 Å². The summed E-state index contributed by atoms with van der Waals surface area (Å²) in [5.74, 6) is -0.489. The quantitative estimate of drug-likeness (QED) is 0.190. The molecule has 8 heterocycles. The Labute approximate surface area is 331 Å². The lowest BCUT2D eigenvalue weighted by Gasteiger charge is -2.60. The molecule has 56 heavy (non-hydrogen) atoms. The Hall–Kier alpha value is -2.16. The van der Waals surface area contributed by atoms with Gasteiger partial charge < -0.3 is 28.4 Å². The van der Waals surface area contributed by atoms with Crippen molar-refractivity contribution in [1.82, 2.24) is 0 Å². The van der Waals surface area contributed by atoms with Gasteiger partial charge in [-0.15, -0.1) is 0 Å². The number of esters is 2. The Bertz CT molecular complexity index is 1580. The molecule has 1 aromatic rings. The Morgan fingerprint density at radius 2 is 1.02 bits per heavy atom. The van der Waals surface area contributed by atoms with E-state index in [1.165, 1.54) is 14.2 Å². The maximum atomic E-state index is 13.2. The fourth-order valence-corrected chi connectivity index (χ4v) is 12.9. The van der Waals surface area contributed by atoms with Crippen molar-refractivity contribution in [2.45, 2.75) is 166 Å². The van der Waals surface area contributed by atoms with Gasteiger partial charge in [-0.25, -0.2) is 29.1 Å². The summed E-state index contributed by atoms with van der Waals surface area (Å²) < 4.78 is 37.6. The zero-order valence-electron chi connectivity index (χ0n) is 34.5. The molecule has 0 aromatic heterocycles. The predicted octanol–water partition coefficient (Wildman–Crippen LogP) is 7.63. The van der Waals surface area contributed by atoms with Crippen LogP contribution in [0, 0.1) is 47.3 Å². The van der Waals surface area contributed by atoms with Crippen LogP contribution in [-0.4, -0.2) is 73.7 Å². The molecule has 310 valence electrons. The molecule has 8 aliphatic heterocycles. The highest BCUT2D eigenvalue weighted by molar-refractivity contribution is 6.03. The van der Waals surface area contributed by atoms with E-state index in [9.17, 15) is 9.59 Å². The minimum atomic E-state index is -0.845. The van der Waals surface area contributed by atoms with Gasteiger partial charge in [0.15, 0.2) is 23.8 Å². The first-order valence-electron chi connectivity index (χ1n) is 21.5. The summed E-state index contributed by atoms with van der Waals surface area (Å²) in [6.45, 7) is 13.1. The van der Waals surface area contributed by atoms with E-state index in [1.54, 1.807) is 0 Å². The molecule has 2 saturated carbocycles. The van der Waals surface area contributed by atoms with Crippen molar-refractivity contribution in [1.29, 1.82) is 0 Å². The summed E-state index contributed by atoms with van der Waals surface area (Å²) >= 11 is 0. The summed E-state index contributed by atoms with van der Waals surface area (Å²) in [5, 5.41) is 0. The van der Waals surface area contributed by atoms with Crippen molar-refractivity contribution in [3.05, 3.63) is 34.4 Å². The fraction of sp³-hybridized carbons (Fsp3) is 0.818. The highest BCUT2D eigenvalue weighted by Crippen LogP contribution is 2.62. The third kappa shape index (κ3) is 5.97. The molecule has 2 aliphatic carbocycles. The first-order valence-corrected chi connectivity index (χ1v) is 21.5. The maximum Gasteiger partial charge on any atom is 0.338 e. The zero-order chi connectivity index (χ0) is 39.4. The van der Waals surface area contributed by atoms with Crippen LogP contribution < -0.4 is 0 Å². The molecule has 0 amide bonds. The monoisotopic (exact) mass is 782 g/mol. The van der Waals surface area contributed by atoms with E-state index in [-0.39, 0.29) is 47.0 Å². The van der Waals surface area contributed by atoms with Crippen molar-refractivity contribution in [3.8, 4) is 0 Å². The van der Waals surface area contributed by atoms with Crippen LogP contribution in [0.5, 0.6) is 0 Å². The average Bonchev–Trinajstić information content (AvgIpc) is 3.57. The van der Waals surface area contributed by atoms with E-state index in [4.69, 9.17) is 48.0 Å². The van der Waals surface area contributed by atoms with E-state index in [0.717, 1.165) is 62.5 Å². The normalized spacial score (nSPS) is 47.6. The average molecular weight is 783 g/mol. The molecule has 4 bridgehead atoms. The van der Waals surface area contributed by atoms with Crippen LogP contribution in [0.15, 0.2) is 12.1 Å². The Morgan fingerprint density at radius 3 is 1.41 bits per heavy atom. The lowest BCUT2D eigenvalue weighted by molar-refractivity contribution is -0.571. The second-order valence-electron chi connectivity index (χ2n) is 19.1. The molecule has 2 spiro atoms.